The Morgan fingerprint density at radius 3 is 2.44 bits per heavy atom. The Balaban J connectivity index is 3.05. The summed E-state index contributed by atoms with van der Waals surface area (Å²) in [4.78, 5) is 3.93. The molecule has 16 heavy (non-hydrogen) atoms. The van der Waals surface area contributed by atoms with E-state index in [0.717, 1.165) is 12.1 Å². The lowest BCUT2D eigenvalue weighted by Crippen LogP contribution is -2.18. The average molecular weight is 230 g/mol. The Labute approximate surface area is 92.0 Å². The molecule has 0 aliphatic heterocycles. The highest BCUT2D eigenvalue weighted by Gasteiger charge is 2.30. The van der Waals surface area contributed by atoms with Gasteiger partial charge in [0.05, 0.1) is 11.3 Å². The van der Waals surface area contributed by atoms with Crippen LogP contribution in [-0.4, -0.2) is 5.84 Å². The number of hydrogen-bond donors (Lipinski definition) is 1. The number of benzene rings is 1. The topological polar surface area (TPSA) is 38.4 Å². The van der Waals surface area contributed by atoms with Crippen LogP contribution in [-0.2, 0) is 6.18 Å². The maximum atomic E-state index is 12.4. The fraction of sp³-hybridized carbons (Fsp3) is 0.364. The number of alkyl halides is 3. The SMILES string of the molecule is CC(C)C(N)=Nc1cccc(C(F)(F)F)c1. The lowest BCUT2D eigenvalue weighted by Gasteiger charge is -2.08. The predicted molar refractivity (Wildman–Crippen MR) is 57.6 cm³/mol. The summed E-state index contributed by atoms with van der Waals surface area (Å²) in [5.74, 6) is 0.328. The van der Waals surface area contributed by atoms with Gasteiger partial charge in [-0.1, -0.05) is 19.9 Å². The molecule has 2 N–H and O–H groups in total. The molecule has 5 heteroatoms. The molecule has 0 unspecified atom stereocenters. The molecule has 1 rings (SSSR count). The second-order valence-electron chi connectivity index (χ2n) is 3.74. The van der Waals surface area contributed by atoms with Crippen molar-refractivity contribution >= 4 is 11.5 Å². The summed E-state index contributed by atoms with van der Waals surface area (Å²) >= 11 is 0. The third-order valence-corrected chi connectivity index (χ3v) is 2.02. The van der Waals surface area contributed by atoms with Gasteiger partial charge in [-0.2, -0.15) is 13.2 Å². The number of nitrogens with two attached hydrogens (primary N) is 1. The van der Waals surface area contributed by atoms with Crippen LogP contribution in [0.25, 0.3) is 0 Å². The number of amidine groups is 1. The van der Waals surface area contributed by atoms with Crippen molar-refractivity contribution in [2.24, 2.45) is 16.6 Å². The maximum absolute atomic E-state index is 12.4. The minimum Gasteiger partial charge on any atom is -0.387 e. The smallest absolute Gasteiger partial charge is 0.387 e. The largest absolute Gasteiger partial charge is 0.416 e. The van der Waals surface area contributed by atoms with Gasteiger partial charge >= 0.3 is 6.18 Å². The number of halogens is 3. The Kier molecular flexibility index (Phi) is 3.57. The molecular formula is C11H13F3N2. The minimum absolute atomic E-state index is 0.00884. The molecule has 0 aliphatic carbocycles. The highest BCUT2D eigenvalue weighted by atomic mass is 19.4. The molecule has 0 atom stereocenters. The molecule has 0 saturated heterocycles. The zero-order chi connectivity index (χ0) is 12.3. The van der Waals surface area contributed by atoms with E-state index >= 15 is 0 Å². The zero-order valence-electron chi connectivity index (χ0n) is 9.05. The molecule has 0 saturated carbocycles. The van der Waals surface area contributed by atoms with E-state index in [9.17, 15) is 13.2 Å². The highest BCUT2D eigenvalue weighted by Crippen LogP contribution is 2.31. The molecule has 0 aliphatic rings. The lowest BCUT2D eigenvalue weighted by molar-refractivity contribution is -0.137. The molecule has 0 aromatic heterocycles. The normalized spacial score (nSPS) is 13.2. The third kappa shape index (κ3) is 3.25. The molecule has 2 nitrogen and oxygen atoms in total. The molecular weight excluding hydrogens is 217 g/mol. The summed E-state index contributed by atoms with van der Waals surface area (Å²) in [6.45, 7) is 3.65. The lowest BCUT2D eigenvalue weighted by atomic mass is 10.2. The van der Waals surface area contributed by atoms with Crippen molar-refractivity contribution in [1.29, 1.82) is 0 Å². The second kappa shape index (κ2) is 4.55. The maximum Gasteiger partial charge on any atom is 0.416 e. The molecule has 0 heterocycles. The van der Waals surface area contributed by atoms with Crippen molar-refractivity contribution in [3.05, 3.63) is 29.8 Å². The van der Waals surface area contributed by atoms with Crippen LogP contribution in [0.4, 0.5) is 18.9 Å². The quantitative estimate of drug-likeness (QED) is 0.614. The van der Waals surface area contributed by atoms with Crippen LogP contribution in [0, 0.1) is 5.92 Å². The monoisotopic (exact) mass is 230 g/mol. The molecule has 0 fully saturated rings. The van der Waals surface area contributed by atoms with E-state index in [1.54, 1.807) is 0 Å². The van der Waals surface area contributed by atoms with Crippen LogP contribution in [0.5, 0.6) is 0 Å². The molecule has 1 aromatic carbocycles. The number of aliphatic imine (C=N–C) groups is 1. The molecule has 0 radical (unpaired) electrons. The average Bonchev–Trinajstić information content (AvgIpc) is 2.16. The summed E-state index contributed by atoms with van der Waals surface area (Å²) in [5.41, 5.74) is 5.08. The fourth-order valence-electron chi connectivity index (χ4n) is 1.03. The van der Waals surface area contributed by atoms with E-state index in [4.69, 9.17) is 5.73 Å². The summed E-state index contributed by atoms with van der Waals surface area (Å²) in [5, 5.41) is 0. The van der Waals surface area contributed by atoms with Crippen LogP contribution in [0.2, 0.25) is 0 Å². The van der Waals surface area contributed by atoms with Gasteiger partial charge in [0.15, 0.2) is 0 Å². The van der Waals surface area contributed by atoms with E-state index in [1.165, 1.54) is 12.1 Å². The van der Waals surface area contributed by atoms with E-state index in [0.29, 0.717) is 5.84 Å². The summed E-state index contributed by atoms with van der Waals surface area (Å²) in [6, 6.07) is 4.79. The molecule has 1 aromatic rings. The van der Waals surface area contributed by atoms with Crippen LogP contribution in [0.15, 0.2) is 29.3 Å². The van der Waals surface area contributed by atoms with Crippen LogP contribution in [0.3, 0.4) is 0 Å². The summed E-state index contributed by atoms with van der Waals surface area (Å²) in [7, 11) is 0. The third-order valence-electron chi connectivity index (χ3n) is 2.02. The molecule has 0 bridgehead atoms. The standard InChI is InChI=1S/C11H13F3N2/c1-7(2)10(15)16-9-5-3-4-8(6-9)11(12,13)14/h3-7H,1-2H3,(H2,15,16). The zero-order valence-corrected chi connectivity index (χ0v) is 9.05. The Hall–Kier alpha value is -1.52. The van der Waals surface area contributed by atoms with Crippen LogP contribution < -0.4 is 5.73 Å². The first-order valence-corrected chi connectivity index (χ1v) is 4.82. The van der Waals surface area contributed by atoms with E-state index in [1.807, 2.05) is 13.8 Å². The Bertz CT molecular complexity index is 394. The summed E-state index contributed by atoms with van der Waals surface area (Å²) < 4.78 is 37.2. The van der Waals surface area contributed by atoms with Gasteiger partial charge in [0.1, 0.15) is 5.84 Å². The van der Waals surface area contributed by atoms with Gasteiger partial charge in [-0.3, -0.25) is 0 Å². The first kappa shape index (κ1) is 12.5. The molecule has 0 spiro atoms. The van der Waals surface area contributed by atoms with Crippen molar-refractivity contribution in [1.82, 2.24) is 0 Å². The van der Waals surface area contributed by atoms with Gasteiger partial charge in [-0.25, -0.2) is 4.99 Å². The van der Waals surface area contributed by atoms with E-state index in [-0.39, 0.29) is 11.6 Å². The van der Waals surface area contributed by atoms with Gasteiger partial charge in [-0.05, 0) is 18.2 Å². The van der Waals surface area contributed by atoms with Crippen molar-refractivity contribution in [3.63, 3.8) is 0 Å². The first-order chi connectivity index (χ1) is 7.30. The van der Waals surface area contributed by atoms with E-state index in [2.05, 4.69) is 4.99 Å². The van der Waals surface area contributed by atoms with Crippen LogP contribution in [0.1, 0.15) is 19.4 Å². The Morgan fingerprint density at radius 1 is 1.31 bits per heavy atom. The van der Waals surface area contributed by atoms with Gasteiger partial charge in [-0.15, -0.1) is 0 Å². The van der Waals surface area contributed by atoms with Gasteiger partial charge in [0.2, 0.25) is 0 Å². The van der Waals surface area contributed by atoms with Crippen molar-refractivity contribution in [3.8, 4) is 0 Å². The van der Waals surface area contributed by atoms with Gasteiger partial charge < -0.3 is 5.73 Å². The predicted octanol–water partition coefficient (Wildman–Crippen LogP) is 3.35. The van der Waals surface area contributed by atoms with Gasteiger partial charge in [0, 0.05) is 5.92 Å². The van der Waals surface area contributed by atoms with E-state index < -0.39 is 11.7 Å². The van der Waals surface area contributed by atoms with Crippen molar-refractivity contribution in [2.45, 2.75) is 20.0 Å². The van der Waals surface area contributed by atoms with Crippen molar-refractivity contribution in [2.75, 3.05) is 0 Å². The van der Waals surface area contributed by atoms with Crippen LogP contribution >= 0.6 is 0 Å². The minimum atomic E-state index is -4.35. The Morgan fingerprint density at radius 2 is 1.94 bits per heavy atom. The fourth-order valence-corrected chi connectivity index (χ4v) is 1.03. The van der Waals surface area contributed by atoms with Gasteiger partial charge in [0.25, 0.3) is 0 Å². The molecule has 0 amide bonds. The summed E-state index contributed by atoms with van der Waals surface area (Å²) in [6.07, 6.45) is -4.35. The first-order valence-electron chi connectivity index (χ1n) is 4.82. The molecule has 88 valence electrons. The highest BCUT2D eigenvalue weighted by molar-refractivity contribution is 5.84. The van der Waals surface area contributed by atoms with Crippen molar-refractivity contribution < 1.29 is 13.2 Å². The second-order valence-corrected chi connectivity index (χ2v) is 3.74. The number of rotatable bonds is 2. The number of hydrogen-bond acceptors (Lipinski definition) is 1. The number of nitrogens with zero attached hydrogens (tertiary/aromatic N) is 1.